The molecule has 3 fully saturated rings. The molecular weight excluding hydrogens is 536 g/mol. The molecule has 12 heteroatoms. The molecule has 5 rings (SSSR count). The standard InChI is InChI=1S/C25H19Cl2F3N2O5/c26-20-15-9-16(21(20)27)19-18(15)22(34)32(23(19)35)14-6-1-3-11(7-14)24(36)37-10-17(33)31-13-5-2-4-12(8-13)25(28,29)30/h1-8,15-16,18-21H,9-10H2,(H,31,33)/t15-,16-,18-,19-,20-,21+/m1/s1. The number of imide groups is 1. The Morgan fingerprint density at radius 2 is 1.59 bits per heavy atom. The van der Waals surface area contributed by atoms with E-state index in [4.69, 9.17) is 27.9 Å². The molecular formula is C25H19Cl2F3N2O5. The minimum atomic E-state index is -4.58. The quantitative estimate of drug-likeness (QED) is 0.334. The van der Waals surface area contributed by atoms with Crippen LogP contribution in [0.1, 0.15) is 22.3 Å². The number of nitrogens with one attached hydrogen (secondary N) is 1. The third-order valence-corrected chi connectivity index (χ3v) is 8.45. The number of nitrogens with zero attached hydrogens (tertiary/aromatic N) is 1. The molecule has 2 saturated carbocycles. The van der Waals surface area contributed by atoms with Crippen LogP contribution in [0, 0.1) is 23.7 Å². The van der Waals surface area contributed by atoms with Crippen LogP contribution in [0.15, 0.2) is 48.5 Å². The van der Waals surface area contributed by atoms with Crippen molar-refractivity contribution in [3.63, 3.8) is 0 Å². The minimum absolute atomic E-state index is 0.0181. The first-order valence-electron chi connectivity index (χ1n) is 11.4. The number of alkyl halides is 5. The van der Waals surface area contributed by atoms with Crippen molar-refractivity contribution in [2.75, 3.05) is 16.8 Å². The van der Waals surface area contributed by atoms with E-state index in [1.807, 2.05) is 0 Å². The van der Waals surface area contributed by atoms with Crippen molar-refractivity contribution in [3.05, 3.63) is 59.7 Å². The maximum absolute atomic E-state index is 13.2. The number of halogens is 5. The minimum Gasteiger partial charge on any atom is -0.452 e. The molecule has 3 aliphatic rings. The number of rotatable bonds is 5. The Morgan fingerprint density at radius 3 is 2.22 bits per heavy atom. The molecule has 2 aromatic carbocycles. The van der Waals surface area contributed by atoms with E-state index < -0.39 is 52.8 Å². The average Bonchev–Trinajstić information content (AvgIpc) is 3.47. The van der Waals surface area contributed by atoms with E-state index in [1.165, 1.54) is 30.3 Å². The number of carbonyl (C=O) groups excluding carboxylic acids is 4. The smallest absolute Gasteiger partial charge is 0.416 e. The number of fused-ring (bicyclic) bond motifs is 5. The molecule has 0 radical (unpaired) electrons. The largest absolute Gasteiger partial charge is 0.452 e. The first-order valence-corrected chi connectivity index (χ1v) is 12.2. The second-order valence-corrected chi connectivity index (χ2v) is 10.3. The Bertz CT molecular complexity index is 1270. The van der Waals surface area contributed by atoms with Gasteiger partial charge in [-0.25, -0.2) is 4.79 Å². The lowest BCUT2D eigenvalue weighted by molar-refractivity contribution is -0.137. The average molecular weight is 555 g/mol. The molecule has 0 unspecified atom stereocenters. The Morgan fingerprint density at radius 1 is 0.973 bits per heavy atom. The number of amides is 3. The van der Waals surface area contributed by atoms with Gasteiger partial charge in [0.15, 0.2) is 6.61 Å². The van der Waals surface area contributed by atoms with E-state index in [0.717, 1.165) is 23.1 Å². The van der Waals surface area contributed by atoms with Crippen LogP contribution in [0.2, 0.25) is 0 Å². The molecule has 2 bridgehead atoms. The first-order chi connectivity index (χ1) is 17.5. The molecule has 0 spiro atoms. The van der Waals surface area contributed by atoms with E-state index in [1.54, 1.807) is 0 Å². The molecule has 2 aliphatic carbocycles. The Kier molecular flexibility index (Phi) is 6.44. The second kappa shape index (κ2) is 9.33. The summed E-state index contributed by atoms with van der Waals surface area (Å²) in [5.41, 5.74) is -0.883. The summed E-state index contributed by atoms with van der Waals surface area (Å²) in [7, 11) is 0. The Labute approximate surface area is 218 Å². The maximum atomic E-state index is 13.2. The van der Waals surface area contributed by atoms with Crippen molar-refractivity contribution in [2.45, 2.75) is 23.4 Å². The Balaban J connectivity index is 1.24. The highest BCUT2D eigenvalue weighted by Gasteiger charge is 2.67. The zero-order valence-electron chi connectivity index (χ0n) is 18.9. The molecule has 1 aliphatic heterocycles. The zero-order chi connectivity index (χ0) is 26.6. The molecule has 3 amide bonds. The lowest BCUT2D eigenvalue weighted by Gasteiger charge is -2.28. The number of benzene rings is 2. The molecule has 6 atom stereocenters. The SMILES string of the molecule is O=C(COC(=O)c1cccc(N2C(=O)[C@@H]3[C@H]4C[C@@H]([C@@H](Cl)[C@H]4Cl)[C@H]3C2=O)c1)Nc1cccc(C(F)(F)F)c1. The van der Waals surface area contributed by atoms with Gasteiger partial charge in [0.25, 0.3) is 5.91 Å². The van der Waals surface area contributed by atoms with Gasteiger partial charge in [-0.15, -0.1) is 23.2 Å². The first kappa shape index (κ1) is 25.5. The topological polar surface area (TPSA) is 92.8 Å². The molecule has 1 N–H and O–H groups in total. The van der Waals surface area contributed by atoms with Gasteiger partial charge in [0.05, 0.1) is 39.4 Å². The summed E-state index contributed by atoms with van der Waals surface area (Å²) in [5.74, 6) is -4.01. The van der Waals surface area contributed by atoms with Crippen LogP contribution < -0.4 is 10.2 Å². The summed E-state index contributed by atoms with van der Waals surface area (Å²) in [6.07, 6.45) is -3.95. The van der Waals surface area contributed by atoms with Gasteiger partial charge in [0.1, 0.15) is 0 Å². The lowest BCUT2D eigenvalue weighted by atomic mass is 9.80. The van der Waals surface area contributed by atoms with Crippen LogP contribution in [-0.2, 0) is 25.3 Å². The summed E-state index contributed by atoms with van der Waals surface area (Å²) < 4.78 is 43.5. The number of carbonyl (C=O) groups is 4. The van der Waals surface area contributed by atoms with Gasteiger partial charge in [-0.1, -0.05) is 12.1 Å². The van der Waals surface area contributed by atoms with E-state index in [-0.39, 0.29) is 40.6 Å². The number of esters is 1. The molecule has 0 aromatic heterocycles. The fourth-order valence-corrected chi connectivity index (χ4v) is 6.45. The van der Waals surface area contributed by atoms with E-state index in [9.17, 15) is 32.3 Å². The van der Waals surface area contributed by atoms with E-state index >= 15 is 0 Å². The third-order valence-electron chi connectivity index (χ3n) is 7.14. The van der Waals surface area contributed by atoms with Gasteiger partial charge in [-0.2, -0.15) is 13.2 Å². The summed E-state index contributed by atoms with van der Waals surface area (Å²) in [6.45, 7) is -0.761. The molecule has 2 aromatic rings. The van der Waals surface area contributed by atoms with Crippen LogP contribution in [-0.4, -0.2) is 41.1 Å². The molecule has 1 heterocycles. The molecule has 194 valence electrons. The summed E-state index contributed by atoms with van der Waals surface area (Å²) in [6, 6.07) is 9.68. The van der Waals surface area contributed by atoms with Gasteiger partial charge in [0.2, 0.25) is 11.8 Å². The fraction of sp³-hybridized carbons (Fsp3) is 0.360. The van der Waals surface area contributed by atoms with Crippen molar-refractivity contribution in [3.8, 4) is 0 Å². The molecule has 37 heavy (non-hydrogen) atoms. The second-order valence-electron chi connectivity index (χ2n) is 9.27. The third kappa shape index (κ3) is 4.46. The van der Waals surface area contributed by atoms with Gasteiger partial charge in [0, 0.05) is 5.69 Å². The van der Waals surface area contributed by atoms with Crippen molar-refractivity contribution in [2.24, 2.45) is 23.7 Å². The van der Waals surface area contributed by atoms with E-state index in [2.05, 4.69) is 5.32 Å². The summed E-state index contributed by atoms with van der Waals surface area (Å²) in [5, 5.41) is 1.45. The number of anilines is 2. The van der Waals surface area contributed by atoms with Crippen molar-refractivity contribution >= 4 is 58.3 Å². The summed E-state index contributed by atoms with van der Waals surface area (Å²) >= 11 is 12.8. The predicted molar refractivity (Wildman–Crippen MR) is 127 cm³/mol. The highest BCUT2D eigenvalue weighted by Crippen LogP contribution is 2.59. The van der Waals surface area contributed by atoms with Gasteiger partial charge in [-0.3, -0.25) is 19.3 Å². The predicted octanol–water partition coefficient (Wildman–Crippen LogP) is 4.47. The van der Waals surface area contributed by atoms with Crippen LogP contribution in [0.5, 0.6) is 0 Å². The van der Waals surface area contributed by atoms with Crippen LogP contribution >= 0.6 is 23.2 Å². The number of ether oxygens (including phenoxy) is 1. The van der Waals surface area contributed by atoms with Crippen LogP contribution in [0.3, 0.4) is 0 Å². The highest BCUT2D eigenvalue weighted by molar-refractivity contribution is 6.32. The fourth-order valence-electron chi connectivity index (χ4n) is 5.56. The van der Waals surface area contributed by atoms with Gasteiger partial charge < -0.3 is 10.1 Å². The molecule has 7 nitrogen and oxygen atoms in total. The number of hydrogen-bond acceptors (Lipinski definition) is 5. The lowest BCUT2D eigenvalue weighted by Crippen LogP contribution is -2.37. The van der Waals surface area contributed by atoms with Crippen molar-refractivity contribution < 1.29 is 37.1 Å². The van der Waals surface area contributed by atoms with Gasteiger partial charge in [-0.05, 0) is 54.7 Å². The Hall–Kier alpha value is -3.11. The maximum Gasteiger partial charge on any atom is 0.416 e. The molecule has 1 saturated heterocycles. The normalized spacial score (nSPS) is 28.4. The highest BCUT2D eigenvalue weighted by atomic mass is 35.5. The van der Waals surface area contributed by atoms with Gasteiger partial charge >= 0.3 is 12.1 Å². The van der Waals surface area contributed by atoms with Crippen molar-refractivity contribution in [1.82, 2.24) is 0 Å². The number of hydrogen-bond donors (Lipinski definition) is 1. The van der Waals surface area contributed by atoms with Crippen molar-refractivity contribution in [1.29, 1.82) is 0 Å². The summed E-state index contributed by atoms with van der Waals surface area (Å²) in [4.78, 5) is 52.0. The van der Waals surface area contributed by atoms with Crippen LogP contribution in [0.4, 0.5) is 24.5 Å². The zero-order valence-corrected chi connectivity index (χ0v) is 20.4. The van der Waals surface area contributed by atoms with Crippen LogP contribution in [0.25, 0.3) is 0 Å². The monoisotopic (exact) mass is 554 g/mol. The van der Waals surface area contributed by atoms with E-state index in [0.29, 0.717) is 6.42 Å².